The third-order valence-electron chi connectivity index (χ3n) is 5.17. The number of carbonyl (C=O) groups is 1. The lowest BCUT2D eigenvalue weighted by atomic mass is 9.84. The number of nitriles is 1. The lowest BCUT2D eigenvalue weighted by Crippen LogP contribution is -2.44. The van der Waals surface area contributed by atoms with E-state index in [4.69, 9.17) is 34.8 Å². The van der Waals surface area contributed by atoms with Crippen LogP contribution in [0.3, 0.4) is 0 Å². The summed E-state index contributed by atoms with van der Waals surface area (Å²) in [5.74, 6) is -1.76. The molecular formula is C22H14Cl3F3N2O3S. The SMILES string of the molecule is CC(=O)CC(C#N)C1=NC=CC1(c1c(Cl)cc(C(F)(F)F)cc1Cl)S(=O)(=O)c1ccc(Cl)cc1. The fraction of sp³-hybridized carbons (Fsp3) is 0.227. The van der Waals surface area contributed by atoms with Crippen molar-refractivity contribution in [1.29, 1.82) is 5.26 Å². The van der Waals surface area contributed by atoms with Gasteiger partial charge in [-0.05, 0) is 49.4 Å². The molecule has 1 heterocycles. The molecule has 2 aromatic rings. The number of aliphatic imine (C=N–C) groups is 1. The van der Waals surface area contributed by atoms with Crippen LogP contribution in [0.15, 0.2) is 58.6 Å². The molecule has 0 aromatic heterocycles. The van der Waals surface area contributed by atoms with E-state index in [0.717, 1.165) is 12.3 Å². The standard InChI is InChI=1S/C22H14Cl3F3N2O3S/c1-12(31)8-13(11-29)20-21(6-7-30-20,34(32,33)16-4-2-15(23)3-5-16)19-17(24)9-14(10-18(19)25)22(26,27)28/h2-7,9-10,13H,8H2,1H3. The predicted molar refractivity (Wildman–Crippen MR) is 123 cm³/mol. The van der Waals surface area contributed by atoms with E-state index in [0.29, 0.717) is 12.1 Å². The highest BCUT2D eigenvalue weighted by atomic mass is 35.5. The average Bonchev–Trinajstić information content (AvgIpc) is 3.17. The highest BCUT2D eigenvalue weighted by Gasteiger charge is 2.55. The topological polar surface area (TPSA) is 87.4 Å². The van der Waals surface area contributed by atoms with Crippen molar-refractivity contribution in [2.45, 2.75) is 29.2 Å². The molecule has 178 valence electrons. The summed E-state index contributed by atoms with van der Waals surface area (Å²) in [6.45, 7) is 1.21. The molecule has 0 saturated heterocycles. The Morgan fingerprint density at radius 2 is 1.71 bits per heavy atom. The van der Waals surface area contributed by atoms with E-state index in [1.54, 1.807) is 0 Å². The number of Topliss-reactive ketones (excluding diaryl/α,β-unsaturated/α-hetero) is 1. The van der Waals surface area contributed by atoms with Crippen LogP contribution < -0.4 is 0 Å². The molecule has 2 unspecified atom stereocenters. The van der Waals surface area contributed by atoms with Gasteiger partial charge >= 0.3 is 6.18 Å². The quantitative estimate of drug-likeness (QED) is 0.416. The zero-order chi connectivity index (χ0) is 25.5. The Hall–Kier alpha value is -2.38. The van der Waals surface area contributed by atoms with E-state index in [1.807, 2.05) is 6.07 Å². The minimum absolute atomic E-state index is 0.237. The maximum atomic E-state index is 14.1. The van der Waals surface area contributed by atoms with Gasteiger partial charge in [0.1, 0.15) is 5.78 Å². The number of nitrogens with zero attached hydrogens (tertiary/aromatic N) is 2. The summed E-state index contributed by atoms with van der Waals surface area (Å²) >= 11 is 18.4. The van der Waals surface area contributed by atoms with Gasteiger partial charge in [0.2, 0.25) is 0 Å². The van der Waals surface area contributed by atoms with Crippen LogP contribution in [0, 0.1) is 17.2 Å². The van der Waals surface area contributed by atoms with Crippen molar-refractivity contribution >= 4 is 56.1 Å². The first-order valence-corrected chi connectivity index (χ1v) is 12.1. The fourth-order valence-corrected chi connectivity index (χ4v) is 6.80. The van der Waals surface area contributed by atoms with Gasteiger partial charge in [-0.3, -0.25) is 9.79 Å². The van der Waals surface area contributed by atoms with Gasteiger partial charge in [0.15, 0.2) is 14.6 Å². The van der Waals surface area contributed by atoms with E-state index >= 15 is 0 Å². The zero-order valence-corrected chi connectivity index (χ0v) is 20.3. The van der Waals surface area contributed by atoms with Crippen LogP contribution in [0.5, 0.6) is 0 Å². The van der Waals surface area contributed by atoms with E-state index in [1.165, 1.54) is 31.2 Å². The van der Waals surface area contributed by atoms with Gasteiger partial charge in [-0.2, -0.15) is 18.4 Å². The minimum atomic E-state index is -4.81. The van der Waals surface area contributed by atoms with Gasteiger partial charge in [0.05, 0.1) is 28.2 Å². The molecule has 0 radical (unpaired) electrons. The molecule has 1 aliphatic rings. The van der Waals surface area contributed by atoms with Crippen LogP contribution in [0.4, 0.5) is 13.2 Å². The van der Waals surface area contributed by atoms with Crippen molar-refractivity contribution in [1.82, 2.24) is 0 Å². The Labute approximate surface area is 208 Å². The zero-order valence-electron chi connectivity index (χ0n) is 17.2. The highest BCUT2D eigenvalue weighted by molar-refractivity contribution is 7.93. The molecule has 0 N–H and O–H groups in total. The summed E-state index contributed by atoms with van der Waals surface area (Å²) in [5.41, 5.74) is -1.90. The number of rotatable bonds is 6. The molecule has 0 fully saturated rings. The molecule has 5 nitrogen and oxygen atoms in total. The van der Waals surface area contributed by atoms with E-state index in [9.17, 15) is 31.6 Å². The van der Waals surface area contributed by atoms with E-state index in [2.05, 4.69) is 4.99 Å². The van der Waals surface area contributed by atoms with Crippen molar-refractivity contribution in [3.8, 4) is 6.07 Å². The van der Waals surface area contributed by atoms with E-state index in [-0.39, 0.29) is 22.1 Å². The first-order valence-electron chi connectivity index (χ1n) is 9.47. The van der Waals surface area contributed by atoms with Crippen molar-refractivity contribution in [3.05, 3.63) is 74.9 Å². The van der Waals surface area contributed by atoms with Crippen molar-refractivity contribution < 1.29 is 26.4 Å². The normalized spacial score (nSPS) is 18.9. The van der Waals surface area contributed by atoms with Gasteiger partial charge in [0, 0.05) is 33.3 Å². The number of carbonyl (C=O) groups excluding carboxylic acids is 1. The summed E-state index contributed by atoms with van der Waals surface area (Å²) in [5, 5.41) is 8.77. The van der Waals surface area contributed by atoms with Crippen LogP contribution in [-0.4, -0.2) is 19.9 Å². The molecule has 0 aliphatic carbocycles. The largest absolute Gasteiger partial charge is 0.416 e. The van der Waals surface area contributed by atoms with Crippen LogP contribution >= 0.6 is 34.8 Å². The second kappa shape index (κ2) is 9.34. The van der Waals surface area contributed by atoms with Gasteiger partial charge in [-0.1, -0.05) is 34.8 Å². The van der Waals surface area contributed by atoms with Crippen molar-refractivity contribution in [3.63, 3.8) is 0 Å². The van der Waals surface area contributed by atoms with Crippen molar-refractivity contribution in [2.24, 2.45) is 10.9 Å². The first kappa shape index (κ1) is 26.2. The Bertz CT molecular complexity index is 1340. The molecule has 34 heavy (non-hydrogen) atoms. The Morgan fingerprint density at radius 1 is 1.15 bits per heavy atom. The molecule has 2 atom stereocenters. The molecule has 0 amide bonds. The monoisotopic (exact) mass is 548 g/mol. The predicted octanol–water partition coefficient (Wildman–Crippen LogP) is 6.42. The second-order valence-electron chi connectivity index (χ2n) is 7.42. The van der Waals surface area contributed by atoms with E-state index < -0.39 is 53.6 Å². The molecule has 1 aliphatic heterocycles. The van der Waals surface area contributed by atoms with Crippen LogP contribution in [0.1, 0.15) is 24.5 Å². The summed E-state index contributed by atoms with van der Waals surface area (Å²) < 4.78 is 65.7. The summed E-state index contributed by atoms with van der Waals surface area (Å²) in [7, 11) is -4.59. The van der Waals surface area contributed by atoms with Crippen molar-refractivity contribution in [2.75, 3.05) is 0 Å². The van der Waals surface area contributed by atoms with Crippen LogP contribution in [-0.2, 0) is 25.6 Å². The Morgan fingerprint density at radius 3 is 2.18 bits per heavy atom. The summed E-state index contributed by atoms with van der Waals surface area (Å²) in [6, 6.07) is 7.98. The smallest absolute Gasteiger partial charge is 0.300 e. The maximum Gasteiger partial charge on any atom is 0.416 e. The summed E-state index contributed by atoms with van der Waals surface area (Å²) in [6.07, 6.45) is -3.00. The molecule has 0 bridgehead atoms. The molecule has 0 saturated carbocycles. The number of benzene rings is 2. The number of ketones is 1. The minimum Gasteiger partial charge on any atom is -0.300 e. The molecular weight excluding hydrogens is 536 g/mol. The van der Waals surface area contributed by atoms with Crippen LogP contribution in [0.25, 0.3) is 0 Å². The number of halogens is 6. The summed E-state index contributed by atoms with van der Waals surface area (Å²) in [4.78, 5) is 15.6. The van der Waals surface area contributed by atoms with Gasteiger partial charge < -0.3 is 0 Å². The maximum absolute atomic E-state index is 14.1. The lowest BCUT2D eigenvalue weighted by Gasteiger charge is -2.33. The molecule has 2 aromatic carbocycles. The second-order valence-corrected chi connectivity index (χ2v) is 10.8. The van der Waals surface area contributed by atoms with Gasteiger partial charge in [-0.25, -0.2) is 8.42 Å². The Balaban J connectivity index is 2.41. The molecule has 12 heteroatoms. The number of alkyl halides is 3. The Kier molecular flexibility index (Phi) is 7.21. The third-order valence-corrected chi connectivity index (χ3v) is 8.31. The van der Waals surface area contributed by atoms with Gasteiger partial charge in [0.25, 0.3) is 0 Å². The lowest BCUT2D eigenvalue weighted by molar-refractivity contribution is -0.137. The molecule has 3 rings (SSSR count). The van der Waals surface area contributed by atoms with Crippen LogP contribution in [0.2, 0.25) is 15.1 Å². The fourth-order valence-electron chi connectivity index (χ4n) is 3.71. The molecule has 0 spiro atoms. The average molecular weight is 550 g/mol. The number of hydrogen-bond donors (Lipinski definition) is 0. The number of hydrogen-bond acceptors (Lipinski definition) is 5. The third kappa shape index (κ3) is 4.48. The first-order chi connectivity index (χ1) is 15.8. The highest BCUT2D eigenvalue weighted by Crippen LogP contribution is 2.50. The van der Waals surface area contributed by atoms with Gasteiger partial charge in [-0.15, -0.1) is 0 Å². The number of sulfone groups is 1.